The molecule has 2 amide bonds. The molecule has 2 aromatic carbocycles. The predicted molar refractivity (Wildman–Crippen MR) is 123 cm³/mol. The molecule has 0 saturated heterocycles. The molecule has 0 aliphatic heterocycles. The highest BCUT2D eigenvalue weighted by Crippen LogP contribution is 2.26. The predicted octanol–water partition coefficient (Wildman–Crippen LogP) is 4.11. The number of nitrogens with zero attached hydrogens (tertiary/aromatic N) is 3. The number of amides is 2. The van der Waals surface area contributed by atoms with Gasteiger partial charge in [-0.3, -0.25) is 9.59 Å². The Balaban J connectivity index is 1.55. The van der Waals surface area contributed by atoms with Gasteiger partial charge in [0.1, 0.15) is 5.82 Å². The first-order valence-electron chi connectivity index (χ1n) is 9.26. The zero-order valence-corrected chi connectivity index (χ0v) is 19.3. The molecule has 3 rings (SSSR count). The third kappa shape index (κ3) is 5.70. The van der Waals surface area contributed by atoms with Crippen LogP contribution in [0.25, 0.3) is 0 Å². The number of thioether (sulfide) groups is 1. The van der Waals surface area contributed by atoms with E-state index in [4.69, 9.17) is 0 Å². The van der Waals surface area contributed by atoms with Gasteiger partial charge < -0.3 is 15.2 Å². The van der Waals surface area contributed by atoms with E-state index in [-0.39, 0.29) is 24.0 Å². The highest BCUT2D eigenvalue weighted by Gasteiger charge is 2.15. The van der Waals surface area contributed by atoms with Crippen LogP contribution >= 0.6 is 27.7 Å². The van der Waals surface area contributed by atoms with Crippen LogP contribution in [0.4, 0.5) is 11.4 Å². The van der Waals surface area contributed by atoms with Crippen LogP contribution in [0, 0.1) is 13.8 Å². The quantitative estimate of drug-likeness (QED) is 0.489. The van der Waals surface area contributed by atoms with Crippen molar-refractivity contribution in [3.63, 3.8) is 0 Å². The van der Waals surface area contributed by atoms with Crippen LogP contribution in [0.5, 0.6) is 0 Å². The molecule has 0 aliphatic rings. The van der Waals surface area contributed by atoms with Crippen molar-refractivity contribution >= 4 is 50.9 Å². The molecule has 0 spiro atoms. The zero-order valence-electron chi connectivity index (χ0n) is 16.9. The fraction of sp³-hybridized carbons (Fsp3) is 0.238. The fourth-order valence-electron chi connectivity index (χ4n) is 2.69. The van der Waals surface area contributed by atoms with E-state index in [2.05, 4.69) is 36.8 Å². The maximum absolute atomic E-state index is 12.4. The average Bonchev–Trinajstić information content (AvgIpc) is 3.04. The number of aryl methyl sites for hydroxylation is 2. The summed E-state index contributed by atoms with van der Waals surface area (Å²) in [6, 6.07) is 13.2. The molecule has 1 heterocycles. The van der Waals surface area contributed by atoms with Gasteiger partial charge in [-0.1, -0.05) is 30.0 Å². The largest absolute Gasteiger partial charge is 0.326 e. The Morgan fingerprint density at radius 2 is 1.73 bits per heavy atom. The van der Waals surface area contributed by atoms with E-state index < -0.39 is 0 Å². The molecule has 0 unspecified atom stereocenters. The maximum atomic E-state index is 12.4. The monoisotopic (exact) mass is 487 g/mol. The van der Waals surface area contributed by atoms with E-state index in [1.807, 2.05) is 56.3 Å². The number of nitrogens with one attached hydrogen (secondary N) is 2. The lowest BCUT2D eigenvalue weighted by Gasteiger charge is -2.10. The molecule has 3 aromatic rings. The first-order valence-corrected chi connectivity index (χ1v) is 11.0. The summed E-state index contributed by atoms with van der Waals surface area (Å²) in [5.74, 6) is 0.394. The van der Waals surface area contributed by atoms with Crippen LogP contribution in [-0.4, -0.2) is 32.3 Å². The Morgan fingerprint density at radius 3 is 2.47 bits per heavy atom. The number of para-hydroxylation sites is 1. The van der Waals surface area contributed by atoms with E-state index in [9.17, 15) is 9.59 Å². The van der Waals surface area contributed by atoms with Gasteiger partial charge in [0, 0.05) is 17.2 Å². The van der Waals surface area contributed by atoms with Crippen molar-refractivity contribution < 1.29 is 9.59 Å². The van der Waals surface area contributed by atoms with Gasteiger partial charge in [0.2, 0.25) is 11.8 Å². The number of hydrogen-bond acceptors (Lipinski definition) is 5. The van der Waals surface area contributed by atoms with Crippen molar-refractivity contribution in [1.82, 2.24) is 14.8 Å². The Bertz CT molecular complexity index is 1070. The molecule has 2 N–H and O–H groups in total. The molecule has 0 atom stereocenters. The number of aromatic nitrogens is 3. The number of rotatable bonds is 7. The Labute approximate surface area is 187 Å². The SMILES string of the molecule is Cc1cc(Br)c(NC(=O)CSc2nnc(CC(=O)Nc3ccccc3)n2C)cc1C. The molecule has 0 saturated carbocycles. The minimum Gasteiger partial charge on any atom is -0.326 e. The molecule has 1 aromatic heterocycles. The number of halogens is 1. The summed E-state index contributed by atoms with van der Waals surface area (Å²) in [7, 11) is 1.78. The smallest absolute Gasteiger partial charge is 0.234 e. The van der Waals surface area contributed by atoms with Crippen molar-refractivity contribution in [2.75, 3.05) is 16.4 Å². The summed E-state index contributed by atoms with van der Waals surface area (Å²) >= 11 is 4.75. The maximum Gasteiger partial charge on any atom is 0.234 e. The lowest BCUT2D eigenvalue weighted by atomic mass is 10.1. The molecule has 0 aliphatic carbocycles. The van der Waals surface area contributed by atoms with Crippen LogP contribution < -0.4 is 10.6 Å². The van der Waals surface area contributed by atoms with Crippen LogP contribution in [-0.2, 0) is 23.1 Å². The number of carbonyl (C=O) groups excluding carboxylic acids is 2. The number of anilines is 2. The minimum absolute atomic E-state index is 0.0980. The van der Waals surface area contributed by atoms with Gasteiger partial charge in [-0.2, -0.15) is 0 Å². The zero-order chi connectivity index (χ0) is 21.7. The number of benzene rings is 2. The molecule has 7 nitrogen and oxygen atoms in total. The van der Waals surface area contributed by atoms with Crippen LogP contribution in [0.1, 0.15) is 17.0 Å². The average molecular weight is 488 g/mol. The van der Waals surface area contributed by atoms with Gasteiger partial charge in [0.05, 0.1) is 17.9 Å². The Kier molecular flexibility index (Phi) is 7.28. The number of hydrogen-bond donors (Lipinski definition) is 2. The van der Waals surface area contributed by atoms with E-state index in [0.717, 1.165) is 27.0 Å². The fourth-order valence-corrected chi connectivity index (χ4v) is 3.98. The van der Waals surface area contributed by atoms with E-state index in [1.165, 1.54) is 11.8 Å². The summed E-state index contributed by atoms with van der Waals surface area (Å²) in [6.07, 6.45) is 0.0980. The molecule has 0 radical (unpaired) electrons. The lowest BCUT2D eigenvalue weighted by Crippen LogP contribution is -2.17. The Morgan fingerprint density at radius 1 is 1.03 bits per heavy atom. The number of carbonyl (C=O) groups is 2. The molecule has 30 heavy (non-hydrogen) atoms. The van der Waals surface area contributed by atoms with Crippen LogP contribution in [0.15, 0.2) is 52.1 Å². The lowest BCUT2D eigenvalue weighted by molar-refractivity contribution is -0.116. The second kappa shape index (κ2) is 9.90. The topological polar surface area (TPSA) is 88.9 Å². The van der Waals surface area contributed by atoms with Gasteiger partial charge in [0.25, 0.3) is 0 Å². The van der Waals surface area contributed by atoms with Gasteiger partial charge >= 0.3 is 0 Å². The van der Waals surface area contributed by atoms with Gasteiger partial charge in [-0.15, -0.1) is 10.2 Å². The summed E-state index contributed by atoms with van der Waals surface area (Å²) in [5, 5.41) is 14.5. The van der Waals surface area contributed by atoms with Crippen molar-refractivity contribution in [2.24, 2.45) is 7.05 Å². The van der Waals surface area contributed by atoms with Crippen molar-refractivity contribution in [2.45, 2.75) is 25.4 Å². The van der Waals surface area contributed by atoms with Gasteiger partial charge in [0.15, 0.2) is 5.16 Å². The normalized spacial score (nSPS) is 10.7. The van der Waals surface area contributed by atoms with E-state index in [1.54, 1.807) is 11.6 Å². The summed E-state index contributed by atoms with van der Waals surface area (Å²) in [6.45, 7) is 4.02. The first kappa shape index (κ1) is 22.0. The summed E-state index contributed by atoms with van der Waals surface area (Å²) < 4.78 is 2.57. The summed E-state index contributed by atoms with van der Waals surface area (Å²) in [5.41, 5.74) is 3.72. The molecule has 0 fully saturated rings. The highest BCUT2D eigenvalue weighted by molar-refractivity contribution is 9.10. The van der Waals surface area contributed by atoms with Gasteiger partial charge in [-0.25, -0.2) is 0 Å². The van der Waals surface area contributed by atoms with Crippen molar-refractivity contribution in [3.05, 3.63) is 63.9 Å². The Hall–Kier alpha value is -2.65. The second-order valence-electron chi connectivity index (χ2n) is 6.80. The molecular weight excluding hydrogens is 466 g/mol. The molecular formula is C21H22BrN5O2S. The van der Waals surface area contributed by atoms with E-state index >= 15 is 0 Å². The highest BCUT2D eigenvalue weighted by atomic mass is 79.9. The third-order valence-corrected chi connectivity index (χ3v) is 6.17. The van der Waals surface area contributed by atoms with Crippen molar-refractivity contribution in [1.29, 1.82) is 0 Å². The van der Waals surface area contributed by atoms with Crippen LogP contribution in [0.2, 0.25) is 0 Å². The van der Waals surface area contributed by atoms with E-state index in [0.29, 0.717) is 11.0 Å². The second-order valence-corrected chi connectivity index (χ2v) is 8.60. The molecule has 9 heteroatoms. The third-order valence-electron chi connectivity index (χ3n) is 4.49. The van der Waals surface area contributed by atoms with Crippen molar-refractivity contribution in [3.8, 4) is 0 Å². The standard InChI is InChI=1S/C21H22BrN5O2S/c1-13-9-16(22)17(10-14(13)2)24-20(29)12-30-21-26-25-18(27(21)3)11-19(28)23-15-7-5-4-6-8-15/h4-10H,11-12H2,1-3H3,(H,23,28)(H,24,29). The minimum atomic E-state index is -0.175. The van der Waals surface area contributed by atoms with Crippen LogP contribution in [0.3, 0.4) is 0 Å². The first-order chi connectivity index (χ1) is 14.3. The molecule has 156 valence electrons. The molecule has 0 bridgehead atoms. The van der Waals surface area contributed by atoms with Gasteiger partial charge in [-0.05, 0) is 65.2 Å². The summed E-state index contributed by atoms with van der Waals surface area (Å²) in [4.78, 5) is 24.6.